The summed E-state index contributed by atoms with van der Waals surface area (Å²) in [6, 6.07) is 13.9. The Labute approximate surface area is 187 Å². The Balaban J connectivity index is 2.04. The number of phenolic OH excluding ortho intramolecular Hbond substituents is 1. The van der Waals surface area contributed by atoms with E-state index in [9.17, 15) is 26.7 Å². The predicted molar refractivity (Wildman–Crippen MR) is 111 cm³/mol. The molecule has 0 aliphatic carbocycles. The smallest absolute Gasteiger partial charge is 0.506 e. The molecule has 0 heterocycles. The number of alkyl halides is 3. The minimum atomic E-state index is -4.86. The average Bonchev–Trinajstić information content (AvgIpc) is 2.72. The van der Waals surface area contributed by atoms with Crippen molar-refractivity contribution in [1.82, 2.24) is 4.72 Å². The number of benzene rings is 3. The van der Waals surface area contributed by atoms with Gasteiger partial charge in [-0.25, -0.2) is 8.42 Å². The summed E-state index contributed by atoms with van der Waals surface area (Å²) in [5, 5.41) is 10.6. The Morgan fingerprint density at radius 3 is 2.06 bits per heavy atom. The maximum absolute atomic E-state index is 13.2. The molecule has 11 heteroatoms. The summed E-state index contributed by atoms with van der Waals surface area (Å²) in [6.07, 6.45) is -4.86. The van der Waals surface area contributed by atoms with Gasteiger partial charge in [-0.15, -0.1) is 13.2 Å². The van der Waals surface area contributed by atoms with Crippen molar-refractivity contribution in [2.75, 3.05) is 7.11 Å². The van der Waals surface area contributed by atoms with Gasteiger partial charge in [0.2, 0.25) is 10.0 Å². The molecule has 0 aromatic heterocycles. The zero-order valence-electron chi connectivity index (χ0n) is 16.4. The summed E-state index contributed by atoms with van der Waals surface area (Å²) in [6.45, 7) is 0. The molecule has 0 aliphatic rings. The van der Waals surface area contributed by atoms with E-state index in [2.05, 4.69) is 9.46 Å². The third-order valence-electron chi connectivity index (χ3n) is 4.37. The highest BCUT2D eigenvalue weighted by Gasteiger charge is 2.32. The van der Waals surface area contributed by atoms with Crippen LogP contribution in [0.1, 0.15) is 17.2 Å². The van der Waals surface area contributed by atoms with Crippen LogP contribution in [0.3, 0.4) is 0 Å². The lowest BCUT2D eigenvalue weighted by Gasteiger charge is -2.21. The first-order chi connectivity index (χ1) is 15.0. The number of hydrogen-bond acceptors (Lipinski definition) is 5. The van der Waals surface area contributed by atoms with Crippen LogP contribution in [0.25, 0.3) is 0 Å². The van der Waals surface area contributed by atoms with Crippen LogP contribution in [0.15, 0.2) is 71.6 Å². The highest BCUT2D eigenvalue weighted by molar-refractivity contribution is 7.89. The average molecular weight is 488 g/mol. The summed E-state index contributed by atoms with van der Waals surface area (Å²) >= 11 is 5.92. The number of phenols is 1. The summed E-state index contributed by atoms with van der Waals surface area (Å²) in [5.74, 6) is -1.07. The molecule has 1 unspecified atom stereocenters. The summed E-state index contributed by atoms with van der Waals surface area (Å²) in [7, 11) is -3.09. The molecule has 32 heavy (non-hydrogen) atoms. The zero-order chi connectivity index (χ0) is 23.5. The quantitative estimate of drug-likeness (QED) is 0.489. The fourth-order valence-electron chi connectivity index (χ4n) is 2.99. The van der Waals surface area contributed by atoms with Gasteiger partial charge in [0.1, 0.15) is 17.2 Å². The fraction of sp³-hybridized carbons (Fsp3) is 0.143. The second-order valence-electron chi connectivity index (χ2n) is 6.53. The number of hydrogen-bond donors (Lipinski definition) is 2. The van der Waals surface area contributed by atoms with E-state index in [0.717, 1.165) is 12.1 Å². The van der Waals surface area contributed by atoms with Gasteiger partial charge in [0.05, 0.1) is 13.2 Å². The minimum Gasteiger partial charge on any atom is -0.506 e. The summed E-state index contributed by atoms with van der Waals surface area (Å²) in [4.78, 5) is -0.474. The van der Waals surface area contributed by atoms with Gasteiger partial charge in [0, 0.05) is 5.02 Å². The predicted octanol–water partition coefficient (Wildman–Crippen LogP) is 5.02. The molecule has 0 aliphatic heterocycles. The third kappa shape index (κ3) is 5.64. The van der Waals surface area contributed by atoms with Crippen molar-refractivity contribution in [3.63, 3.8) is 0 Å². The van der Waals surface area contributed by atoms with Crippen LogP contribution in [0.4, 0.5) is 13.2 Å². The van der Waals surface area contributed by atoms with Gasteiger partial charge >= 0.3 is 6.36 Å². The van der Waals surface area contributed by atoms with Gasteiger partial charge in [-0.05, 0) is 47.5 Å². The van der Waals surface area contributed by atoms with Crippen molar-refractivity contribution in [3.8, 4) is 17.2 Å². The van der Waals surface area contributed by atoms with E-state index < -0.39 is 38.8 Å². The normalized spacial score (nSPS) is 12.9. The number of halogens is 4. The van der Waals surface area contributed by atoms with Crippen LogP contribution >= 0.6 is 11.6 Å². The lowest BCUT2D eigenvalue weighted by atomic mass is 10.00. The number of sulfonamides is 1. The second-order valence-corrected chi connectivity index (χ2v) is 8.62. The van der Waals surface area contributed by atoms with Crippen molar-refractivity contribution in [3.05, 3.63) is 82.9 Å². The van der Waals surface area contributed by atoms with Crippen molar-refractivity contribution in [2.24, 2.45) is 0 Å². The molecule has 3 rings (SSSR count). The van der Waals surface area contributed by atoms with Gasteiger partial charge in [-0.1, -0.05) is 41.9 Å². The molecule has 3 aromatic carbocycles. The van der Waals surface area contributed by atoms with E-state index in [1.807, 2.05) is 0 Å². The molecule has 0 bridgehead atoms. The minimum absolute atomic E-state index is 0.0821. The van der Waals surface area contributed by atoms with Crippen molar-refractivity contribution < 1.29 is 36.2 Å². The second kappa shape index (κ2) is 9.27. The first-order valence-electron chi connectivity index (χ1n) is 8.99. The highest BCUT2D eigenvalue weighted by Crippen LogP contribution is 2.35. The van der Waals surface area contributed by atoms with Crippen LogP contribution in [0.2, 0.25) is 5.02 Å². The molecule has 3 aromatic rings. The number of methoxy groups -OCH3 is 1. The number of ether oxygens (including phenoxy) is 2. The molecule has 0 spiro atoms. The van der Waals surface area contributed by atoms with Crippen molar-refractivity contribution >= 4 is 21.6 Å². The van der Waals surface area contributed by atoms with Crippen LogP contribution in [-0.4, -0.2) is 27.0 Å². The van der Waals surface area contributed by atoms with E-state index in [1.165, 1.54) is 37.4 Å². The molecule has 6 nitrogen and oxygen atoms in total. The van der Waals surface area contributed by atoms with Crippen LogP contribution in [0.5, 0.6) is 17.2 Å². The van der Waals surface area contributed by atoms with Crippen molar-refractivity contribution in [2.45, 2.75) is 17.3 Å². The molecule has 0 amide bonds. The van der Waals surface area contributed by atoms with Crippen LogP contribution in [-0.2, 0) is 10.0 Å². The molecular formula is C21H17ClF3NO5S. The van der Waals surface area contributed by atoms with Gasteiger partial charge < -0.3 is 14.6 Å². The Morgan fingerprint density at radius 1 is 0.969 bits per heavy atom. The number of aromatic hydroxyl groups is 1. The maximum atomic E-state index is 13.2. The molecule has 0 saturated heterocycles. The zero-order valence-corrected chi connectivity index (χ0v) is 18.0. The first-order valence-corrected chi connectivity index (χ1v) is 10.9. The molecule has 2 N–H and O–H groups in total. The lowest BCUT2D eigenvalue weighted by molar-refractivity contribution is -0.274. The van der Waals surface area contributed by atoms with Gasteiger partial charge in [0.15, 0.2) is 4.90 Å². The Bertz CT molecular complexity index is 1180. The Kier molecular flexibility index (Phi) is 6.87. The molecule has 170 valence electrons. The standard InChI is InChI=1S/C21H17ClF3NO5S/c1-30-18-4-2-3-17(27)20(18)32(28,29)26-19(13-5-9-15(22)10-6-13)14-7-11-16(12-8-14)31-21(23,24)25/h2-12,19,26-27H,1H3. The topological polar surface area (TPSA) is 84.9 Å². The molecule has 0 saturated carbocycles. The largest absolute Gasteiger partial charge is 0.573 e. The molecule has 1 atom stereocenters. The third-order valence-corrected chi connectivity index (χ3v) is 6.12. The molecule has 0 fully saturated rings. The summed E-state index contributed by atoms with van der Waals surface area (Å²) in [5.41, 5.74) is 0.775. The fourth-order valence-corrected chi connectivity index (χ4v) is 4.58. The van der Waals surface area contributed by atoms with Crippen LogP contribution in [0, 0.1) is 0 Å². The van der Waals surface area contributed by atoms with Gasteiger partial charge in [-0.2, -0.15) is 4.72 Å². The SMILES string of the molecule is COc1cccc(O)c1S(=O)(=O)NC(c1ccc(Cl)cc1)c1ccc(OC(F)(F)F)cc1. The Hall–Kier alpha value is -2.95. The monoisotopic (exact) mass is 487 g/mol. The maximum Gasteiger partial charge on any atom is 0.573 e. The van der Waals surface area contributed by atoms with E-state index in [1.54, 1.807) is 24.3 Å². The van der Waals surface area contributed by atoms with E-state index >= 15 is 0 Å². The first kappa shape index (κ1) is 23.7. The highest BCUT2D eigenvalue weighted by atomic mass is 35.5. The van der Waals surface area contributed by atoms with Crippen LogP contribution < -0.4 is 14.2 Å². The number of rotatable bonds is 7. The van der Waals surface area contributed by atoms with E-state index in [-0.39, 0.29) is 5.75 Å². The van der Waals surface area contributed by atoms with Crippen molar-refractivity contribution in [1.29, 1.82) is 0 Å². The number of nitrogens with one attached hydrogen (secondary N) is 1. The summed E-state index contributed by atoms with van der Waals surface area (Å²) < 4.78 is 75.1. The van der Waals surface area contributed by atoms with Gasteiger partial charge in [0.25, 0.3) is 0 Å². The molecular weight excluding hydrogens is 471 g/mol. The lowest BCUT2D eigenvalue weighted by Crippen LogP contribution is -2.30. The van der Waals surface area contributed by atoms with Gasteiger partial charge in [-0.3, -0.25) is 0 Å². The Morgan fingerprint density at radius 2 is 1.53 bits per heavy atom. The molecule has 0 radical (unpaired) electrons. The van der Waals surface area contributed by atoms with E-state index in [0.29, 0.717) is 16.1 Å². The van der Waals surface area contributed by atoms with E-state index in [4.69, 9.17) is 16.3 Å².